The first kappa shape index (κ1) is 16.5. The van der Waals surface area contributed by atoms with Gasteiger partial charge in [-0.15, -0.1) is 6.54 Å². The minimum absolute atomic E-state index is 0. The summed E-state index contributed by atoms with van der Waals surface area (Å²) in [5, 5.41) is 6.84. The maximum absolute atomic E-state index is 3.86. The van der Waals surface area contributed by atoms with Crippen LogP contribution in [0.4, 0.5) is 0 Å². The van der Waals surface area contributed by atoms with Gasteiger partial charge in [0.2, 0.25) is 0 Å². The van der Waals surface area contributed by atoms with Crippen molar-refractivity contribution in [1.82, 2.24) is 5.32 Å². The van der Waals surface area contributed by atoms with Crippen LogP contribution in [-0.4, -0.2) is 27.2 Å². The number of hydrogen-bond acceptors (Lipinski definition) is 1. The molecule has 3 heteroatoms. The Hall–Kier alpha value is 1.02. The SMILES string of the molecule is CC.C[N-]CCNC.[Y]. The molecule has 0 heterocycles. The molecule has 1 radical (unpaired) electrons. The molecule has 0 rings (SSSR count). The maximum atomic E-state index is 3.86. The Bertz CT molecular complexity index is 23.0. The number of rotatable bonds is 3. The molecule has 1 N–H and O–H groups in total. The van der Waals surface area contributed by atoms with Gasteiger partial charge in [-0.1, -0.05) is 13.8 Å². The average molecular weight is 206 g/mol. The molecule has 0 spiro atoms. The van der Waals surface area contributed by atoms with Gasteiger partial charge in [0, 0.05) is 32.7 Å². The van der Waals surface area contributed by atoms with E-state index in [4.69, 9.17) is 0 Å². The van der Waals surface area contributed by atoms with Gasteiger partial charge in [-0.25, -0.2) is 0 Å². The zero-order valence-electron chi connectivity index (χ0n) is 6.94. The van der Waals surface area contributed by atoms with Gasteiger partial charge in [0.25, 0.3) is 0 Å². The molecule has 0 saturated heterocycles. The molecule has 9 heavy (non-hydrogen) atoms. The average Bonchev–Trinajstić information content (AvgIpc) is 1.88. The second kappa shape index (κ2) is 23.0. The molecule has 0 saturated carbocycles. The molecular weight excluding hydrogens is 189 g/mol. The van der Waals surface area contributed by atoms with Gasteiger partial charge in [0.05, 0.1) is 0 Å². The van der Waals surface area contributed by atoms with Crippen molar-refractivity contribution >= 4 is 0 Å². The van der Waals surface area contributed by atoms with Crippen LogP contribution in [0.25, 0.3) is 5.32 Å². The summed E-state index contributed by atoms with van der Waals surface area (Å²) < 4.78 is 0. The molecule has 2 nitrogen and oxygen atoms in total. The largest absolute Gasteiger partial charge is 0.664 e. The molecule has 0 atom stereocenters. The molecule has 0 aromatic rings. The zero-order chi connectivity index (χ0) is 6.83. The van der Waals surface area contributed by atoms with Crippen molar-refractivity contribution in [2.45, 2.75) is 13.8 Å². The van der Waals surface area contributed by atoms with E-state index >= 15 is 0 Å². The Balaban J connectivity index is -0.000000109. The van der Waals surface area contributed by atoms with E-state index in [1.807, 2.05) is 27.9 Å². The maximum Gasteiger partial charge on any atom is 0 e. The molecule has 0 aliphatic rings. The van der Waals surface area contributed by atoms with E-state index in [2.05, 4.69) is 10.6 Å². The molecule has 0 fully saturated rings. The fraction of sp³-hybridized carbons (Fsp3) is 1.00. The summed E-state index contributed by atoms with van der Waals surface area (Å²) in [6.07, 6.45) is 0. The Kier molecular flexibility index (Phi) is 42.3. The molecule has 55 valence electrons. The van der Waals surface area contributed by atoms with Crippen LogP contribution in [0.3, 0.4) is 0 Å². The van der Waals surface area contributed by atoms with E-state index in [0.29, 0.717) is 0 Å². The third kappa shape index (κ3) is 27.5. The standard InChI is InChI=1S/C4H11N2.C2H6.Y/c1-5-3-4-6-2;1-2;/h5H,3-4H2,1-2H3;1-2H3;/q-1;;. The fourth-order valence-electron chi connectivity index (χ4n) is 0.224. The van der Waals surface area contributed by atoms with Crippen molar-refractivity contribution < 1.29 is 32.7 Å². The van der Waals surface area contributed by atoms with E-state index in [0.717, 1.165) is 13.1 Å². The quantitative estimate of drug-likeness (QED) is 0.690. The molecule has 0 unspecified atom stereocenters. The number of nitrogens with zero attached hydrogens (tertiary/aromatic N) is 1. The summed E-state index contributed by atoms with van der Waals surface area (Å²) >= 11 is 0. The first-order chi connectivity index (χ1) is 3.91. The molecule has 0 aliphatic heterocycles. The first-order valence-corrected chi connectivity index (χ1v) is 3.12. The number of likely N-dealkylation sites (N-methyl/N-ethyl adjacent to an activating group) is 2. The van der Waals surface area contributed by atoms with Gasteiger partial charge < -0.3 is 10.6 Å². The van der Waals surface area contributed by atoms with Gasteiger partial charge >= 0.3 is 0 Å². The predicted molar refractivity (Wildman–Crippen MR) is 39.4 cm³/mol. The smallest absolute Gasteiger partial charge is 0 e. The van der Waals surface area contributed by atoms with Crippen LogP contribution >= 0.6 is 0 Å². The molecular formula is C6H17N2Y-. The van der Waals surface area contributed by atoms with Crippen LogP contribution in [0.15, 0.2) is 0 Å². The summed E-state index contributed by atoms with van der Waals surface area (Å²) in [6, 6.07) is 0. The molecule has 0 aromatic carbocycles. The van der Waals surface area contributed by atoms with Crippen molar-refractivity contribution in [3.8, 4) is 0 Å². The van der Waals surface area contributed by atoms with Crippen LogP contribution in [-0.2, 0) is 32.7 Å². The van der Waals surface area contributed by atoms with E-state index in [-0.39, 0.29) is 32.7 Å². The summed E-state index contributed by atoms with van der Waals surface area (Å²) in [6.45, 7) is 5.92. The Morgan fingerprint density at radius 2 is 1.78 bits per heavy atom. The topological polar surface area (TPSA) is 26.1 Å². The zero-order valence-corrected chi connectivity index (χ0v) is 9.78. The van der Waals surface area contributed by atoms with Gasteiger partial charge in [-0.05, 0) is 13.6 Å². The van der Waals surface area contributed by atoms with Crippen LogP contribution in [0, 0.1) is 0 Å². The Morgan fingerprint density at radius 1 is 1.33 bits per heavy atom. The fourth-order valence-corrected chi connectivity index (χ4v) is 0.224. The monoisotopic (exact) mass is 206 g/mol. The molecule has 0 amide bonds. The van der Waals surface area contributed by atoms with E-state index < -0.39 is 0 Å². The summed E-state index contributed by atoms with van der Waals surface area (Å²) in [5.74, 6) is 0. The molecule has 0 bridgehead atoms. The van der Waals surface area contributed by atoms with Crippen molar-refractivity contribution in [3.63, 3.8) is 0 Å². The third-order valence-corrected chi connectivity index (χ3v) is 0.585. The van der Waals surface area contributed by atoms with E-state index in [1.54, 1.807) is 0 Å². The molecule has 0 aromatic heterocycles. The van der Waals surface area contributed by atoms with Crippen LogP contribution < -0.4 is 5.32 Å². The van der Waals surface area contributed by atoms with Crippen molar-refractivity contribution in [2.24, 2.45) is 0 Å². The summed E-state index contributed by atoms with van der Waals surface area (Å²) in [5.41, 5.74) is 0. The van der Waals surface area contributed by atoms with Gasteiger partial charge in [-0.2, -0.15) is 7.05 Å². The second-order valence-electron chi connectivity index (χ2n) is 1.14. The first-order valence-electron chi connectivity index (χ1n) is 3.12. The minimum Gasteiger partial charge on any atom is -0.664 e. The van der Waals surface area contributed by atoms with E-state index in [9.17, 15) is 0 Å². The number of nitrogens with one attached hydrogen (secondary N) is 1. The van der Waals surface area contributed by atoms with Gasteiger partial charge in [-0.3, -0.25) is 0 Å². The van der Waals surface area contributed by atoms with Gasteiger partial charge in [0.15, 0.2) is 0 Å². The van der Waals surface area contributed by atoms with Crippen LogP contribution in [0.2, 0.25) is 0 Å². The van der Waals surface area contributed by atoms with Crippen molar-refractivity contribution in [2.75, 3.05) is 27.2 Å². The summed E-state index contributed by atoms with van der Waals surface area (Å²) in [7, 11) is 3.74. The number of hydrogen-bond donors (Lipinski definition) is 1. The second-order valence-corrected chi connectivity index (χ2v) is 1.14. The minimum atomic E-state index is 0. The summed E-state index contributed by atoms with van der Waals surface area (Å²) in [4.78, 5) is 0. The van der Waals surface area contributed by atoms with Crippen LogP contribution in [0.1, 0.15) is 13.8 Å². The Morgan fingerprint density at radius 3 is 1.89 bits per heavy atom. The van der Waals surface area contributed by atoms with Gasteiger partial charge in [0.1, 0.15) is 0 Å². The normalized spacial score (nSPS) is 6.67. The Labute approximate surface area is 84.1 Å². The third-order valence-electron chi connectivity index (χ3n) is 0.585. The predicted octanol–water partition coefficient (Wildman–Crippen LogP) is 1.23. The van der Waals surface area contributed by atoms with Crippen molar-refractivity contribution in [1.29, 1.82) is 0 Å². The van der Waals surface area contributed by atoms with Crippen LogP contribution in [0.5, 0.6) is 0 Å². The van der Waals surface area contributed by atoms with Crippen molar-refractivity contribution in [3.05, 3.63) is 5.32 Å². The molecule has 0 aliphatic carbocycles. The van der Waals surface area contributed by atoms with E-state index in [1.165, 1.54) is 0 Å².